The lowest BCUT2D eigenvalue weighted by Crippen LogP contribution is -2.28. The van der Waals surface area contributed by atoms with Gasteiger partial charge in [0.05, 0.1) is 15.5 Å². The molecule has 0 saturated carbocycles. The zero-order chi connectivity index (χ0) is 20.4. The third kappa shape index (κ3) is 3.60. The fraction of sp³-hybridized carbons (Fsp3) is 0.300. The van der Waals surface area contributed by atoms with Gasteiger partial charge in [-0.1, -0.05) is 6.07 Å². The Kier molecular flexibility index (Phi) is 5.69. The second kappa shape index (κ2) is 8.02. The van der Waals surface area contributed by atoms with Crippen LogP contribution in [0.4, 0.5) is 5.69 Å². The molecule has 0 unspecified atom stereocenters. The fourth-order valence-electron chi connectivity index (χ4n) is 3.26. The Morgan fingerprint density at radius 2 is 2.00 bits per heavy atom. The predicted molar refractivity (Wildman–Crippen MR) is 113 cm³/mol. The molecule has 7 nitrogen and oxygen atoms in total. The van der Waals surface area contributed by atoms with Gasteiger partial charge in [-0.3, -0.25) is 24.8 Å². The fourth-order valence-corrected chi connectivity index (χ4v) is 4.35. The minimum atomic E-state index is -0.400. The Morgan fingerprint density at radius 3 is 2.64 bits per heavy atom. The molecular formula is C20H22N4O3S. The molecule has 2 aromatic rings. The van der Waals surface area contributed by atoms with Crippen molar-refractivity contribution >= 4 is 34.6 Å². The van der Waals surface area contributed by atoms with Crippen LogP contribution in [0.25, 0.3) is 11.8 Å². The molecule has 0 aliphatic carbocycles. The molecule has 1 saturated heterocycles. The van der Waals surface area contributed by atoms with Crippen LogP contribution in [0.1, 0.15) is 30.8 Å². The molecule has 1 aromatic heterocycles. The Bertz CT molecular complexity index is 1010. The van der Waals surface area contributed by atoms with Crippen molar-refractivity contribution in [2.24, 2.45) is 4.99 Å². The van der Waals surface area contributed by atoms with E-state index in [1.807, 2.05) is 50.5 Å². The number of hydrogen-bond donors (Lipinski definition) is 0. The molecule has 0 radical (unpaired) electrons. The van der Waals surface area contributed by atoms with Crippen molar-refractivity contribution in [3.8, 4) is 5.69 Å². The molecule has 1 aliphatic heterocycles. The molecular weight excluding hydrogens is 376 g/mol. The van der Waals surface area contributed by atoms with Crippen molar-refractivity contribution in [3.05, 3.63) is 62.3 Å². The summed E-state index contributed by atoms with van der Waals surface area (Å²) in [5.74, 6) is -0.0418. The van der Waals surface area contributed by atoms with Gasteiger partial charge < -0.3 is 4.57 Å². The maximum absolute atomic E-state index is 12.7. The van der Waals surface area contributed by atoms with Gasteiger partial charge in [0, 0.05) is 36.6 Å². The van der Waals surface area contributed by atoms with Gasteiger partial charge in [0.25, 0.3) is 11.6 Å². The van der Waals surface area contributed by atoms with E-state index in [4.69, 9.17) is 0 Å². The van der Waals surface area contributed by atoms with E-state index in [9.17, 15) is 14.9 Å². The molecule has 1 amide bonds. The van der Waals surface area contributed by atoms with Crippen molar-refractivity contribution in [1.29, 1.82) is 0 Å². The van der Waals surface area contributed by atoms with Crippen molar-refractivity contribution in [3.63, 3.8) is 0 Å². The van der Waals surface area contributed by atoms with Crippen molar-refractivity contribution < 1.29 is 9.72 Å². The van der Waals surface area contributed by atoms with Gasteiger partial charge in [-0.2, -0.15) is 0 Å². The van der Waals surface area contributed by atoms with Gasteiger partial charge in [-0.15, -0.1) is 0 Å². The van der Waals surface area contributed by atoms with Crippen LogP contribution in [-0.4, -0.2) is 38.6 Å². The molecule has 0 bridgehead atoms. The number of likely N-dealkylation sites (N-methyl/N-ethyl adjacent to an activating group) is 1. The van der Waals surface area contributed by atoms with E-state index in [0.717, 1.165) is 27.8 Å². The van der Waals surface area contributed by atoms with Crippen molar-refractivity contribution in [2.75, 3.05) is 13.1 Å². The minimum Gasteiger partial charge on any atom is -0.318 e. The van der Waals surface area contributed by atoms with Gasteiger partial charge >= 0.3 is 0 Å². The number of nitro groups is 1. The van der Waals surface area contributed by atoms with Crippen molar-refractivity contribution in [1.82, 2.24) is 9.47 Å². The molecule has 1 aromatic carbocycles. The topological polar surface area (TPSA) is 80.7 Å². The van der Waals surface area contributed by atoms with Gasteiger partial charge in [0.15, 0.2) is 5.17 Å². The Morgan fingerprint density at radius 1 is 1.25 bits per heavy atom. The summed E-state index contributed by atoms with van der Waals surface area (Å²) in [6.07, 6.45) is 1.88. The maximum Gasteiger partial charge on any atom is 0.271 e. The number of non-ortho nitro benzene ring substituents is 1. The predicted octanol–water partition coefficient (Wildman–Crippen LogP) is 4.31. The number of thioether (sulfide) groups is 1. The van der Waals surface area contributed by atoms with Crippen LogP contribution in [0, 0.1) is 24.0 Å². The number of benzene rings is 1. The van der Waals surface area contributed by atoms with E-state index in [2.05, 4.69) is 4.99 Å². The summed E-state index contributed by atoms with van der Waals surface area (Å²) in [7, 11) is 0. The normalized spacial score (nSPS) is 17.1. The van der Waals surface area contributed by atoms with E-state index in [1.165, 1.54) is 17.8 Å². The Labute approximate surface area is 167 Å². The van der Waals surface area contributed by atoms with Crippen molar-refractivity contribution in [2.45, 2.75) is 27.7 Å². The van der Waals surface area contributed by atoms with E-state index < -0.39 is 4.92 Å². The number of hydrogen-bond acceptors (Lipinski definition) is 5. The summed E-state index contributed by atoms with van der Waals surface area (Å²) in [5.41, 5.74) is 3.54. The molecule has 0 spiro atoms. The maximum atomic E-state index is 12.7. The van der Waals surface area contributed by atoms with Crippen LogP contribution in [0.2, 0.25) is 0 Å². The standard InChI is InChI=1S/C20H22N4O3S/c1-5-21-20-22(6-2)19(25)18(28-20)11-15-10-13(3)23(14(15)4)16-8-7-9-17(12-16)24(26)27/h7-12H,5-6H2,1-4H3/b18-11-,21-20?. The zero-order valence-corrected chi connectivity index (χ0v) is 17.1. The molecule has 1 fully saturated rings. The number of amides is 1. The van der Waals surface area contributed by atoms with Crippen LogP contribution in [-0.2, 0) is 4.79 Å². The highest BCUT2D eigenvalue weighted by molar-refractivity contribution is 8.18. The van der Waals surface area contributed by atoms with Gasteiger partial charge in [-0.25, -0.2) is 0 Å². The number of nitro benzene ring substituents is 1. The first-order valence-corrected chi connectivity index (χ1v) is 9.88. The molecule has 28 heavy (non-hydrogen) atoms. The molecule has 8 heteroatoms. The number of carbonyl (C=O) groups excluding carboxylic acids is 1. The number of aliphatic imine (C=N–C) groups is 1. The van der Waals surface area contributed by atoms with E-state index >= 15 is 0 Å². The van der Waals surface area contributed by atoms with E-state index in [-0.39, 0.29) is 11.6 Å². The van der Waals surface area contributed by atoms with Crippen LogP contribution in [0.5, 0.6) is 0 Å². The second-order valence-corrected chi connectivity index (χ2v) is 7.36. The highest BCUT2D eigenvalue weighted by Crippen LogP contribution is 2.34. The third-order valence-electron chi connectivity index (χ3n) is 4.55. The lowest BCUT2D eigenvalue weighted by Gasteiger charge is -2.11. The number of nitrogens with zero attached hydrogens (tertiary/aromatic N) is 4. The summed E-state index contributed by atoms with van der Waals surface area (Å²) in [6, 6.07) is 8.53. The second-order valence-electron chi connectivity index (χ2n) is 6.36. The SMILES string of the molecule is CCN=C1S/C(=C\c2cc(C)n(-c3cccc([N+](=O)[O-])c3)c2C)C(=O)N1CC. The van der Waals surface area contributed by atoms with Crippen LogP contribution in [0.3, 0.4) is 0 Å². The summed E-state index contributed by atoms with van der Waals surface area (Å²) < 4.78 is 1.96. The molecule has 1 aliphatic rings. The lowest BCUT2D eigenvalue weighted by molar-refractivity contribution is -0.384. The smallest absolute Gasteiger partial charge is 0.271 e. The number of aromatic nitrogens is 1. The summed E-state index contributed by atoms with van der Waals surface area (Å²) >= 11 is 1.39. The highest BCUT2D eigenvalue weighted by Gasteiger charge is 2.32. The first-order chi connectivity index (χ1) is 13.4. The average Bonchev–Trinajstić information content (AvgIpc) is 3.11. The third-order valence-corrected chi connectivity index (χ3v) is 5.60. The largest absolute Gasteiger partial charge is 0.318 e. The van der Waals surface area contributed by atoms with Gasteiger partial charge in [0.1, 0.15) is 0 Å². The number of amidine groups is 1. The summed E-state index contributed by atoms with van der Waals surface area (Å²) in [6.45, 7) is 8.97. The quantitative estimate of drug-likeness (QED) is 0.427. The number of aryl methyl sites for hydroxylation is 1. The first kappa shape index (κ1) is 19.9. The molecule has 146 valence electrons. The summed E-state index contributed by atoms with van der Waals surface area (Å²) in [4.78, 5) is 30.1. The minimum absolute atomic E-state index is 0.0418. The van der Waals surface area contributed by atoms with E-state index in [0.29, 0.717) is 18.0 Å². The average molecular weight is 398 g/mol. The zero-order valence-electron chi connectivity index (χ0n) is 16.3. The molecule has 0 N–H and O–H groups in total. The summed E-state index contributed by atoms with van der Waals surface area (Å²) in [5, 5.41) is 11.8. The van der Waals surface area contributed by atoms with E-state index in [1.54, 1.807) is 17.0 Å². The molecule has 3 rings (SSSR count). The molecule has 2 heterocycles. The monoisotopic (exact) mass is 398 g/mol. The highest BCUT2D eigenvalue weighted by atomic mass is 32.2. The van der Waals surface area contributed by atoms with Gasteiger partial charge in [0.2, 0.25) is 0 Å². The number of carbonyl (C=O) groups is 1. The van der Waals surface area contributed by atoms with Crippen LogP contribution in [0.15, 0.2) is 40.2 Å². The Balaban J connectivity index is 2.02. The van der Waals surface area contributed by atoms with Gasteiger partial charge in [-0.05, 0) is 63.2 Å². The number of rotatable bonds is 5. The molecule has 0 atom stereocenters. The lowest BCUT2D eigenvalue weighted by atomic mass is 10.2. The Hall–Kier alpha value is -2.87. The van der Waals surface area contributed by atoms with Crippen LogP contribution >= 0.6 is 11.8 Å². The first-order valence-electron chi connectivity index (χ1n) is 9.07. The van der Waals surface area contributed by atoms with Crippen LogP contribution < -0.4 is 0 Å².